The molecular formula is C38H28N2. The number of benzene rings is 7. The van der Waals surface area contributed by atoms with Crippen LogP contribution in [0, 0.1) is 0 Å². The molecule has 0 fully saturated rings. The lowest BCUT2D eigenvalue weighted by atomic mass is 9.85. The SMILES string of the molecule is c1ccc(Nc2ccc3c(-c4ccccc4)c4cc(Nc5ccccc5)ccc4c(-c4ccccc4)c3c2)cc1. The van der Waals surface area contributed by atoms with E-state index in [2.05, 4.69) is 156 Å². The average molecular weight is 513 g/mol. The third kappa shape index (κ3) is 4.57. The Morgan fingerprint density at radius 2 is 0.625 bits per heavy atom. The summed E-state index contributed by atoms with van der Waals surface area (Å²) in [5, 5.41) is 12.1. The fourth-order valence-electron chi connectivity index (χ4n) is 5.59. The molecule has 0 amide bonds. The van der Waals surface area contributed by atoms with E-state index in [1.165, 1.54) is 43.8 Å². The Morgan fingerprint density at radius 3 is 1.00 bits per heavy atom. The lowest BCUT2D eigenvalue weighted by Crippen LogP contribution is -1.95. The van der Waals surface area contributed by atoms with E-state index in [9.17, 15) is 0 Å². The molecule has 0 aromatic heterocycles. The Morgan fingerprint density at radius 1 is 0.275 bits per heavy atom. The van der Waals surface area contributed by atoms with Gasteiger partial charge in [0.15, 0.2) is 0 Å². The number of fused-ring (bicyclic) bond motifs is 2. The number of rotatable bonds is 6. The summed E-state index contributed by atoms with van der Waals surface area (Å²) in [6, 6.07) is 55.7. The van der Waals surface area contributed by atoms with Crippen LogP contribution in [-0.4, -0.2) is 0 Å². The fraction of sp³-hybridized carbons (Fsp3) is 0. The van der Waals surface area contributed by atoms with Gasteiger partial charge in [0.2, 0.25) is 0 Å². The summed E-state index contributed by atoms with van der Waals surface area (Å²) in [5.41, 5.74) is 9.18. The largest absolute Gasteiger partial charge is 0.356 e. The van der Waals surface area contributed by atoms with Crippen molar-refractivity contribution in [2.45, 2.75) is 0 Å². The zero-order chi connectivity index (χ0) is 26.7. The normalized spacial score (nSPS) is 11.0. The van der Waals surface area contributed by atoms with E-state index < -0.39 is 0 Å². The van der Waals surface area contributed by atoms with Gasteiger partial charge in [0, 0.05) is 22.7 Å². The average Bonchev–Trinajstić information content (AvgIpc) is 3.02. The van der Waals surface area contributed by atoms with Gasteiger partial charge in [-0.1, -0.05) is 109 Å². The first kappa shape index (κ1) is 23.8. The second kappa shape index (κ2) is 10.4. The Labute approximate surface area is 234 Å². The van der Waals surface area contributed by atoms with Crippen molar-refractivity contribution in [3.63, 3.8) is 0 Å². The van der Waals surface area contributed by atoms with E-state index in [0.717, 1.165) is 22.7 Å². The monoisotopic (exact) mass is 512 g/mol. The highest BCUT2D eigenvalue weighted by Gasteiger charge is 2.18. The highest BCUT2D eigenvalue weighted by atomic mass is 14.9. The molecular weight excluding hydrogens is 484 g/mol. The van der Waals surface area contributed by atoms with Gasteiger partial charge in [-0.15, -0.1) is 0 Å². The molecule has 7 rings (SSSR count). The molecule has 7 aromatic carbocycles. The van der Waals surface area contributed by atoms with Crippen molar-refractivity contribution in [2.75, 3.05) is 10.6 Å². The van der Waals surface area contributed by atoms with Crippen molar-refractivity contribution >= 4 is 44.3 Å². The lowest BCUT2D eigenvalue weighted by Gasteiger charge is -2.20. The molecule has 40 heavy (non-hydrogen) atoms. The molecule has 190 valence electrons. The molecule has 0 aliphatic heterocycles. The van der Waals surface area contributed by atoms with Crippen LogP contribution in [0.4, 0.5) is 22.7 Å². The Bertz CT molecular complexity index is 1770. The highest BCUT2D eigenvalue weighted by molar-refractivity contribution is 6.22. The zero-order valence-corrected chi connectivity index (χ0v) is 22.0. The number of anilines is 4. The van der Waals surface area contributed by atoms with E-state index in [4.69, 9.17) is 0 Å². The van der Waals surface area contributed by atoms with Crippen LogP contribution in [0.3, 0.4) is 0 Å². The van der Waals surface area contributed by atoms with Gasteiger partial charge in [0.25, 0.3) is 0 Å². The van der Waals surface area contributed by atoms with E-state index in [0.29, 0.717) is 0 Å². The summed E-state index contributed by atoms with van der Waals surface area (Å²) in [7, 11) is 0. The molecule has 0 unspecified atom stereocenters. The first-order valence-corrected chi connectivity index (χ1v) is 13.6. The van der Waals surface area contributed by atoms with Crippen LogP contribution in [0.5, 0.6) is 0 Å². The minimum absolute atomic E-state index is 1.07. The van der Waals surface area contributed by atoms with Gasteiger partial charge >= 0.3 is 0 Å². The maximum absolute atomic E-state index is 3.61. The summed E-state index contributed by atoms with van der Waals surface area (Å²) in [5.74, 6) is 0. The smallest absolute Gasteiger partial charge is 0.0390 e. The lowest BCUT2D eigenvalue weighted by molar-refractivity contribution is 1.56. The number of hydrogen-bond donors (Lipinski definition) is 2. The molecule has 0 atom stereocenters. The summed E-state index contributed by atoms with van der Waals surface area (Å²) in [4.78, 5) is 0. The van der Waals surface area contributed by atoms with Gasteiger partial charge in [-0.3, -0.25) is 0 Å². The van der Waals surface area contributed by atoms with Crippen LogP contribution in [0.1, 0.15) is 0 Å². The summed E-state index contributed by atoms with van der Waals surface area (Å²) in [6.07, 6.45) is 0. The fourth-order valence-corrected chi connectivity index (χ4v) is 5.59. The molecule has 0 saturated carbocycles. The molecule has 0 radical (unpaired) electrons. The van der Waals surface area contributed by atoms with E-state index >= 15 is 0 Å². The van der Waals surface area contributed by atoms with E-state index in [1.54, 1.807) is 0 Å². The minimum Gasteiger partial charge on any atom is -0.356 e. The van der Waals surface area contributed by atoms with Gasteiger partial charge in [-0.05, 0) is 92.3 Å². The summed E-state index contributed by atoms with van der Waals surface area (Å²) >= 11 is 0. The predicted molar refractivity (Wildman–Crippen MR) is 172 cm³/mol. The van der Waals surface area contributed by atoms with Crippen LogP contribution >= 0.6 is 0 Å². The van der Waals surface area contributed by atoms with Gasteiger partial charge in [0.1, 0.15) is 0 Å². The standard InChI is InChI=1S/C38H28N2/c1-5-13-27(14-6-1)37-33-23-21-32(40-30-19-11-4-12-20-30)26-36(33)38(28-15-7-2-8-16-28)34-24-22-31(25-35(34)37)39-29-17-9-3-10-18-29/h1-26,39-40H. The quantitative estimate of drug-likeness (QED) is 0.217. The first-order valence-electron chi connectivity index (χ1n) is 13.6. The summed E-state index contributed by atoms with van der Waals surface area (Å²) < 4.78 is 0. The predicted octanol–water partition coefficient (Wildman–Crippen LogP) is 10.8. The van der Waals surface area contributed by atoms with Crippen molar-refractivity contribution in [2.24, 2.45) is 0 Å². The number of hydrogen-bond acceptors (Lipinski definition) is 2. The topological polar surface area (TPSA) is 24.1 Å². The Balaban J connectivity index is 1.53. The number of nitrogens with one attached hydrogen (secondary N) is 2. The second-order valence-electron chi connectivity index (χ2n) is 9.98. The van der Waals surface area contributed by atoms with Gasteiger partial charge in [0.05, 0.1) is 0 Å². The molecule has 2 N–H and O–H groups in total. The van der Waals surface area contributed by atoms with Crippen molar-refractivity contribution in [1.29, 1.82) is 0 Å². The molecule has 0 saturated heterocycles. The number of para-hydroxylation sites is 2. The molecule has 0 aliphatic carbocycles. The van der Waals surface area contributed by atoms with E-state index in [-0.39, 0.29) is 0 Å². The molecule has 0 heterocycles. The molecule has 0 bridgehead atoms. The van der Waals surface area contributed by atoms with Crippen LogP contribution in [-0.2, 0) is 0 Å². The second-order valence-corrected chi connectivity index (χ2v) is 9.98. The third-order valence-electron chi connectivity index (χ3n) is 7.37. The highest BCUT2D eigenvalue weighted by Crippen LogP contribution is 2.45. The Kier molecular flexibility index (Phi) is 6.20. The van der Waals surface area contributed by atoms with Crippen molar-refractivity contribution in [1.82, 2.24) is 0 Å². The van der Waals surface area contributed by atoms with Crippen molar-refractivity contribution in [3.05, 3.63) is 158 Å². The molecule has 2 heteroatoms. The van der Waals surface area contributed by atoms with Crippen LogP contribution in [0.2, 0.25) is 0 Å². The van der Waals surface area contributed by atoms with Crippen molar-refractivity contribution < 1.29 is 0 Å². The van der Waals surface area contributed by atoms with Crippen LogP contribution < -0.4 is 10.6 Å². The zero-order valence-electron chi connectivity index (χ0n) is 22.0. The van der Waals surface area contributed by atoms with Crippen molar-refractivity contribution in [3.8, 4) is 22.3 Å². The first-order chi connectivity index (χ1) is 19.8. The summed E-state index contributed by atoms with van der Waals surface area (Å²) in [6.45, 7) is 0. The van der Waals surface area contributed by atoms with Crippen LogP contribution in [0.15, 0.2) is 158 Å². The molecule has 2 nitrogen and oxygen atoms in total. The van der Waals surface area contributed by atoms with Gasteiger partial charge in [-0.2, -0.15) is 0 Å². The van der Waals surface area contributed by atoms with Gasteiger partial charge < -0.3 is 10.6 Å². The maximum atomic E-state index is 3.61. The Hall–Kier alpha value is -5.34. The van der Waals surface area contributed by atoms with Crippen LogP contribution in [0.25, 0.3) is 43.8 Å². The molecule has 0 spiro atoms. The molecule has 7 aromatic rings. The van der Waals surface area contributed by atoms with E-state index in [1.807, 2.05) is 12.1 Å². The minimum atomic E-state index is 1.07. The van der Waals surface area contributed by atoms with Gasteiger partial charge in [-0.25, -0.2) is 0 Å². The maximum Gasteiger partial charge on any atom is 0.0390 e. The molecule has 0 aliphatic rings. The third-order valence-corrected chi connectivity index (χ3v) is 7.37.